The molecule has 2 rings (SSSR count). The van der Waals surface area contributed by atoms with E-state index >= 15 is 0 Å². The van der Waals surface area contributed by atoms with E-state index in [9.17, 15) is 0 Å². The highest BCUT2D eigenvalue weighted by atomic mass is 33.1. The molecular weight excluding hydrogens is 317 g/mol. The summed E-state index contributed by atoms with van der Waals surface area (Å²) in [6.45, 7) is 0. The lowest BCUT2D eigenvalue weighted by molar-refractivity contribution is 1.26. The van der Waals surface area contributed by atoms with Gasteiger partial charge in [-0.1, -0.05) is 21.6 Å². The van der Waals surface area contributed by atoms with Crippen molar-refractivity contribution in [1.82, 2.24) is 9.97 Å². The summed E-state index contributed by atoms with van der Waals surface area (Å²) in [5, 5.41) is 4.02. The molecule has 8 heteroatoms. The average molecular weight is 325 g/mol. The monoisotopic (exact) mass is 324 g/mol. The van der Waals surface area contributed by atoms with E-state index in [4.69, 9.17) is 0 Å². The summed E-state index contributed by atoms with van der Waals surface area (Å²) in [4.78, 5) is 8.43. The summed E-state index contributed by atoms with van der Waals surface area (Å²) in [5.41, 5.74) is 0. The van der Waals surface area contributed by atoms with E-state index in [2.05, 4.69) is 9.97 Å². The van der Waals surface area contributed by atoms with Crippen LogP contribution in [0.4, 0.5) is 0 Å². The van der Waals surface area contributed by atoms with Crippen LogP contribution in [0.25, 0.3) is 0 Å². The molecule has 0 amide bonds. The van der Waals surface area contributed by atoms with Gasteiger partial charge in [0, 0.05) is 34.7 Å². The molecular formula is C8H8N2S6. The molecule has 2 aromatic rings. The smallest absolute Gasteiger partial charge is 0.160 e. The molecule has 0 aliphatic rings. The van der Waals surface area contributed by atoms with E-state index in [1.807, 2.05) is 44.7 Å². The first-order valence-corrected chi connectivity index (χ1v) is 10.7. The molecule has 0 atom stereocenters. The predicted molar refractivity (Wildman–Crippen MR) is 80.9 cm³/mol. The maximum atomic E-state index is 4.21. The van der Waals surface area contributed by atoms with Gasteiger partial charge in [0.1, 0.15) is 0 Å². The quantitative estimate of drug-likeness (QED) is 0.537. The third-order valence-electron chi connectivity index (χ3n) is 1.33. The molecule has 0 aliphatic heterocycles. The van der Waals surface area contributed by atoms with E-state index in [0.29, 0.717) is 0 Å². The first kappa shape index (κ1) is 13.1. The van der Waals surface area contributed by atoms with Crippen LogP contribution in [0.2, 0.25) is 0 Å². The Morgan fingerprint density at radius 2 is 1.38 bits per heavy atom. The summed E-state index contributed by atoms with van der Waals surface area (Å²) in [6, 6.07) is 0. The normalized spacial score (nSPS) is 10.8. The van der Waals surface area contributed by atoms with E-state index in [1.54, 1.807) is 44.3 Å². The fraction of sp³-hybridized carbons (Fsp3) is 0.250. The molecule has 0 fully saturated rings. The summed E-state index contributed by atoms with van der Waals surface area (Å²) in [7, 11) is 7.25. The molecule has 86 valence electrons. The topological polar surface area (TPSA) is 25.8 Å². The van der Waals surface area contributed by atoms with Gasteiger partial charge in [-0.2, -0.15) is 0 Å². The van der Waals surface area contributed by atoms with Crippen molar-refractivity contribution in [2.24, 2.45) is 0 Å². The lowest BCUT2D eigenvalue weighted by Gasteiger charge is -1.97. The number of aromatic nitrogens is 2. The zero-order valence-corrected chi connectivity index (χ0v) is 13.0. The van der Waals surface area contributed by atoms with Crippen LogP contribution in [-0.2, 0) is 0 Å². The molecule has 2 nitrogen and oxygen atoms in total. The number of thiazole rings is 2. The lowest BCUT2D eigenvalue weighted by atomic mass is 11.0. The summed E-state index contributed by atoms with van der Waals surface area (Å²) < 4.78 is 2.28. The summed E-state index contributed by atoms with van der Waals surface area (Å²) >= 11 is 3.39. The molecule has 2 heterocycles. The van der Waals surface area contributed by atoms with Crippen molar-refractivity contribution in [3.8, 4) is 0 Å². The lowest BCUT2D eigenvalue weighted by Crippen LogP contribution is -1.77. The molecule has 0 radical (unpaired) electrons. The van der Waals surface area contributed by atoms with Gasteiger partial charge in [-0.05, 0) is 21.6 Å². The third kappa shape index (κ3) is 4.89. The highest BCUT2D eigenvalue weighted by molar-refractivity contribution is 8.78. The molecule has 0 bridgehead atoms. The second-order valence-electron chi connectivity index (χ2n) is 2.41. The Morgan fingerprint density at radius 1 is 0.875 bits per heavy atom. The molecule has 16 heavy (non-hydrogen) atoms. The van der Waals surface area contributed by atoms with Crippen LogP contribution in [0.15, 0.2) is 31.8 Å². The van der Waals surface area contributed by atoms with Crippen LogP contribution in [0.1, 0.15) is 0 Å². The zero-order valence-electron chi connectivity index (χ0n) is 8.07. The summed E-state index contributed by atoms with van der Waals surface area (Å²) in [6.07, 6.45) is 3.70. The zero-order chi connectivity index (χ0) is 11.1. The number of hydrogen-bond donors (Lipinski definition) is 0. The first-order valence-electron chi connectivity index (χ1n) is 4.33. The third-order valence-corrected chi connectivity index (χ3v) is 8.56. The Hall–Kier alpha value is 0.660. The molecule has 0 N–H and O–H groups in total. The highest BCUT2D eigenvalue weighted by Crippen LogP contribution is 2.36. The standard InChI is InChI=1S/C8H8N2S6/c1-3-11-7(9-1)15-13-5-6-14-16-8-10-2-4-12-8/h1-4H,5-6H2. The Bertz CT molecular complexity index is 335. The van der Waals surface area contributed by atoms with Gasteiger partial charge in [0.2, 0.25) is 0 Å². The Kier molecular flexibility index (Phi) is 6.46. The van der Waals surface area contributed by atoms with Crippen molar-refractivity contribution in [2.75, 3.05) is 11.5 Å². The fourth-order valence-corrected chi connectivity index (χ4v) is 7.40. The van der Waals surface area contributed by atoms with Crippen LogP contribution < -0.4 is 0 Å². The van der Waals surface area contributed by atoms with Gasteiger partial charge in [-0.3, -0.25) is 0 Å². The minimum atomic E-state index is 1.13. The Balaban J connectivity index is 1.49. The van der Waals surface area contributed by atoms with E-state index < -0.39 is 0 Å². The van der Waals surface area contributed by atoms with Crippen LogP contribution in [-0.4, -0.2) is 21.5 Å². The molecule has 0 aliphatic carbocycles. The van der Waals surface area contributed by atoms with Crippen LogP contribution in [0.3, 0.4) is 0 Å². The van der Waals surface area contributed by atoms with Gasteiger partial charge in [0.15, 0.2) is 8.68 Å². The molecule has 0 spiro atoms. The number of nitrogens with zero attached hydrogens (tertiary/aromatic N) is 2. The van der Waals surface area contributed by atoms with Crippen LogP contribution in [0, 0.1) is 0 Å². The van der Waals surface area contributed by atoms with Gasteiger partial charge in [-0.25, -0.2) is 9.97 Å². The van der Waals surface area contributed by atoms with Gasteiger partial charge in [0.05, 0.1) is 0 Å². The largest absolute Gasteiger partial charge is 0.237 e. The highest BCUT2D eigenvalue weighted by Gasteiger charge is 1.99. The van der Waals surface area contributed by atoms with Gasteiger partial charge in [0.25, 0.3) is 0 Å². The van der Waals surface area contributed by atoms with E-state index in [0.717, 1.165) is 20.2 Å². The molecule has 0 unspecified atom stereocenters. The minimum absolute atomic E-state index is 1.13. The Morgan fingerprint density at radius 3 is 1.75 bits per heavy atom. The van der Waals surface area contributed by atoms with Crippen molar-refractivity contribution >= 4 is 65.8 Å². The summed E-state index contributed by atoms with van der Waals surface area (Å²) in [5.74, 6) is 2.26. The average Bonchev–Trinajstić information content (AvgIpc) is 2.96. The molecule has 0 saturated carbocycles. The van der Waals surface area contributed by atoms with Crippen molar-refractivity contribution < 1.29 is 0 Å². The van der Waals surface area contributed by atoms with Crippen LogP contribution in [0.5, 0.6) is 0 Å². The van der Waals surface area contributed by atoms with E-state index in [1.165, 1.54) is 0 Å². The van der Waals surface area contributed by atoms with Crippen molar-refractivity contribution in [3.05, 3.63) is 23.2 Å². The Labute approximate surface area is 118 Å². The van der Waals surface area contributed by atoms with Crippen molar-refractivity contribution in [1.29, 1.82) is 0 Å². The molecule has 0 aromatic carbocycles. The van der Waals surface area contributed by atoms with Gasteiger partial charge < -0.3 is 0 Å². The van der Waals surface area contributed by atoms with Gasteiger partial charge >= 0.3 is 0 Å². The second-order valence-corrected chi connectivity index (χ2v) is 9.52. The second kappa shape index (κ2) is 7.88. The van der Waals surface area contributed by atoms with E-state index in [-0.39, 0.29) is 0 Å². The SMILES string of the molecule is c1csc(SSCCSSc2nccs2)n1. The maximum absolute atomic E-state index is 4.21. The first-order chi connectivity index (χ1) is 7.95. The number of rotatable bonds is 7. The van der Waals surface area contributed by atoms with Crippen molar-refractivity contribution in [2.45, 2.75) is 8.68 Å². The minimum Gasteiger partial charge on any atom is -0.237 e. The number of hydrogen-bond acceptors (Lipinski definition) is 8. The van der Waals surface area contributed by atoms with Crippen molar-refractivity contribution in [3.63, 3.8) is 0 Å². The predicted octanol–water partition coefficient (Wildman–Crippen LogP) is 4.78. The molecule has 0 saturated heterocycles. The van der Waals surface area contributed by atoms with Gasteiger partial charge in [-0.15, -0.1) is 22.7 Å². The maximum Gasteiger partial charge on any atom is 0.160 e. The fourth-order valence-electron chi connectivity index (χ4n) is 0.755. The molecule has 2 aromatic heterocycles. The van der Waals surface area contributed by atoms with Crippen LogP contribution >= 0.6 is 65.8 Å².